The molecule has 0 spiro atoms. The van der Waals surface area contributed by atoms with E-state index >= 15 is 0 Å². The summed E-state index contributed by atoms with van der Waals surface area (Å²) in [6.07, 6.45) is 2.56. The van der Waals surface area contributed by atoms with Gasteiger partial charge in [0.25, 0.3) is 11.8 Å². The fraction of sp³-hybridized carbons (Fsp3) is 0.267. The normalized spacial score (nSPS) is 16.4. The van der Waals surface area contributed by atoms with Gasteiger partial charge in [-0.05, 0) is 73.1 Å². The predicted molar refractivity (Wildman–Crippen MR) is 149 cm³/mol. The first kappa shape index (κ1) is 25.4. The van der Waals surface area contributed by atoms with E-state index in [0.29, 0.717) is 23.5 Å². The number of hydrogen-bond acceptors (Lipinski definition) is 6. The largest absolute Gasteiger partial charge is 0.497 e. The zero-order valence-electron chi connectivity index (χ0n) is 21.5. The Morgan fingerprint density at radius 1 is 1.00 bits per heavy atom. The van der Waals surface area contributed by atoms with Gasteiger partial charge in [0.05, 0.1) is 12.8 Å². The van der Waals surface area contributed by atoms with E-state index in [1.54, 1.807) is 49.6 Å². The molecule has 3 aromatic rings. The summed E-state index contributed by atoms with van der Waals surface area (Å²) in [5.41, 5.74) is 3.23. The van der Waals surface area contributed by atoms with Gasteiger partial charge in [-0.25, -0.2) is 0 Å². The van der Waals surface area contributed by atoms with Crippen molar-refractivity contribution in [2.24, 2.45) is 0 Å². The molecule has 0 aromatic heterocycles. The second kappa shape index (κ2) is 11.8. The fourth-order valence-corrected chi connectivity index (χ4v) is 4.61. The Kier molecular flexibility index (Phi) is 7.89. The van der Waals surface area contributed by atoms with Crippen molar-refractivity contribution in [2.75, 3.05) is 56.6 Å². The van der Waals surface area contributed by atoms with Crippen molar-refractivity contribution >= 4 is 29.3 Å². The van der Waals surface area contributed by atoms with Crippen LogP contribution >= 0.6 is 0 Å². The molecule has 0 bridgehead atoms. The highest BCUT2D eigenvalue weighted by Gasteiger charge is 2.21. The van der Waals surface area contributed by atoms with Crippen LogP contribution in [0, 0.1) is 0 Å². The van der Waals surface area contributed by atoms with E-state index < -0.39 is 0 Å². The Bertz CT molecular complexity index is 1300. The van der Waals surface area contributed by atoms with Crippen molar-refractivity contribution in [3.63, 3.8) is 0 Å². The molecule has 0 unspecified atom stereocenters. The first-order chi connectivity index (χ1) is 18.6. The van der Waals surface area contributed by atoms with Crippen molar-refractivity contribution in [3.05, 3.63) is 89.7 Å². The molecule has 0 radical (unpaired) electrons. The van der Waals surface area contributed by atoms with Crippen molar-refractivity contribution in [1.82, 2.24) is 10.2 Å². The molecule has 2 amide bonds. The maximum absolute atomic E-state index is 12.6. The number of methoxy groups -OCH3 is 1. The number of para-hydroxylation sites is 2. The summed E-state index contributed by atoms with van der Waals surface area (Å²) in [6.45, 7) is 5.56. The van der Waals surface area contributed by atoms with Crippen LogP contribution in [0.5, 0.6) is 11.5 Å². The first-order valence-corrected chi connectivity index (χ1v) is 12.9. The zero-order valence-corrected chi connectivity index (χ0v) is 21.5. The average molecular weight is 513 g/mol. The van der Waals surface area contributed by atoms with Gasteiger partial charge in [-0.3, -0.25) is 14.5 Å². The van der Waals surface area contributed by atoms with Gasteiger partial charge in [0.15, 0.2) is 11.5 Å². The van der Waals surface area contributed by atoms with Crippen LogP contribution in [0.1, 0.15) is 22.3 Å². The molecule has 3 aromatic carbocycles. The van der Waals surface area contributed by atoms with E-state index in [0.717, 1.165) is 50.5 Å². The Labute approximate surface area is 222 Å². The number of nitrogens with one attached hydrogen (secondary N) is 2. The number of benzene rings is 3. The minimum absolute atomic E-state index is 0.103. The van der Waals surface area contributed by atoms with Gasteiger partial charge in [0.2, 0.25) is 0 Å². The molecule has 0 aliphatic carbocycles. The van der Waals surface area contributed by atoms with Gasteiger partial charge in [-0.2, -0.15) is 0 Å². The number of fused-ring (bicyclic) bond motifs is 1. The number of anilines is 2. The first-order valence-electron chi connectivity index (χ1n) is 12.9. The third-order valence-electron chi connectivity index (χ3n) is 6.80. The van der Waals surface area contributed by atoms with Crippen LogP contribution in [0.15, 0.2) is 78.6 Å². The summed E-state index contributed by atoms with van der Waals surface area (Å²) in [5.74, 6) is 1.29. The van der Waals surface area contributed by atoms with Gasteiger partial charge in [0, 0.05) is 44.0 Å². The third-order valence-corrected chi connectivity index (χ3v) is 6.80. The lowest BCUT2D eigenvalue weighted by Gasteiger charge is -2.36. The standard InChI is InChI=1S/C30H32N4O4/c1-37-25-13-11-24(12-14-25)34-19-17-33(18-20-34)16-4-15-31-29(35)23-9-7-22(8-10-23)21-28-30(36)32-26-5-2-3-6-27(26)38-28/h2-3,5-14,21H,4,15-20H2,1H3,(H,31,35)(H,32,36)/b28-21-. The quantitative estimate of drug-likeness (QED) is 0.351. The molecule has 38 heavy (non-hydrogen) atoms. The maximum Gasteiger partial charge on any atom is 0.291 e. The molecule has 2 aliphatic rings. The maximum atomic E-state index is 12.6. The molecule has 0 saturated carbocycles. The Hall–Kier alpha value is -4.30. The van der Waals surface area contributed by atoms with E-state index in [1.807, 2.05) is 24.3 Å². The lowest BCUT2D eigenvalue weighted by Crippen LogP contribution is -2.47. The zero-order chi connectivity index (χ0) is 26.3. The van der Waals surface area contributed by atoms with E-state index in [4.69, 9.17) is 9.47 Å². The number of carbonyl (C=O) groups is 2. The SMILES string of the molecule is COc1ccc(N2CCN(CCCNC(=O)c3ccc(/C=C4\Oc5ccccc5NC4=O)cc3)CC2)cc1. The summed E-state index contributed by atoms with van der Waals surface area (Å²) in [5, 5.41) is 5.83. The molecule has 5 rings (SSSR count). The molecule has 196 valence electrons. The summed E-state index contributed by atoms with van der Waals surface area (Å²) in [7, 11) is 1.68. The van der Waals surface area contributed by atoms with Crippen LogP contribution in [-0.4, -0.2) is 63.1 Å². The van der Waals surface area contributed by atoms with Crippen LogP contribution in [0.2, 0.25) is 0 Å². The molecule has 8 nitrogen and oxygen atoms in total. The monoisotopic (exact) mass is 512 g/mol. The molecule has 1 saturated heterocycles. The summed E-state index contributed by atoms with van der Waals surface area (Å²) >= 11 is 0. The average Bonchev–Trinajstić information content (AvgIpc) is 2.96. The van der Waals surface area contributed by atoms with Gasteiger partial charge in [0.1, 0.15) is 5.75 Å². The molecule has 8 heteroatoms. The van der Waals surface area contributed by atoms with Crippen LogP contribution in [0.25, 0.3) is 6.08 Å². The summed E-state index contributed by atoms with van der Waals surface area (Å²) in [6, 6.07) is 22.6. The Morgan fingerprint density at radius 3 is 2.47 bits per heavy atom. The number of amides is 2. The molecule has 0 atom stereocenters. The number of carbonyl (C=O) groups excluding carboxylic acids is 2. The number of nitrogens with zero attached hydrogens (tertiary/aromatic N) is 2. The summed E-state index contributed by atoms with van der Waals surface area (Å²) < 4.78 is 11.0. The van der Waals surface area contributed by atoms with E-state index in [9.17, 15) is 9.59 Å². The fourth-order valence-electron chi connectivity index (χ4n) is 4.61. The molecular formula is C30H32N4O4. The van der Waals surface area contributed by atoms with Gasteiger partial charge < -0.3 is 25.0 Å². The molecule has 2 N–H and O–H groups in total. The lowest BCUT2D eigenvalue weighted by molar-refractivity contribution is -0.115. The second-order valence-corrected chi connectivity index (χ2v) is 9.32. The van der Waals surface area contributed by atoms with Crippen LogP contribution in [0.3, 0.4) is 0 Å². The minimum atomic E-state index is -0.298. The van der Waals surface area contributed by atoms with Crippen molar-refractivity contribution in [3.8, 4) is 11.5 Å². The third kappa shape index (κ3) is 6.15. The van der Waals surface area contributed by atoms with E-state index in [1.165, 1.54) is 5.69 Å². The summed E-state index contributed by atoms with van der Waals surface area (Å²) in [4.78, 5) is 29.7. The van der Waals surface area contributed by atoms with Crippen LogP contribution in [-0.2, 0) is 4.79 Å². The Morgan fingerprint density at radius 2 is 1.74 bits per heavy atom. The highest BCUT2D eigenvalue weighted by Crippen LogP contribution is 2.30. The second-order valence-electron chi connectivity index (χ2n) is 9.32. The number of rotatable bonds is 8. The van der Waals surface area contributed by atoms with Crippen molar-refractivity contribution < 1.29 is 19.1 Å². The topological polar surface area (TPSA) is 83.1 Å². The number of ether oxygens (including phenoxy) is 2. The van der Waals surface area contributed by atoms with Gasteiger partial charge >= 0.3 is 0 Å². The van der Waals surface area contributed by atoms with E-state index in [2.05, 4.69) is 32.6 Å². The number of piperazine rings is 1. The highest BCUT2D eigenvalue weighted by atomic mass is 16.5. The molecule has 2 heterocycles. The molecular weight excluding hydrogens is 480 g/mol. The highest BCUT2D eigenvalue weighted by molar-refractivity contribution is 6.08. The van der Waals surface area contributed by atoms with Crippen LogP contribution < -0.4 is 25.0 Å². The minimum Gasteiger partial charge on any atom is -0.497 e. The van der Waals surface area contributed by atoms with Crippen molar-refractivity contribution in [2.45, 2.75) is 6.42 Å². The lowest BCUT2D eigenvalue weighted by atomic mass is 10.1. The number of hydrogen-bond donors (Lipinski definition) is 2. The molecule has 2 aliphatic heterocycles. The molecule has 1 fully saturated rings. The van der Waals surface area contributed by atoms with E-state index in [-0.39, 0.29) is 17.6 Å². The predicted octanol–water partition coefficient (Wildman–Crippen LogP) is 4.01. The van der Waals surface area contributed by atoms with Crippen molar-refractivity contribution in [1.29, 1.82) is 0 Å². The van der Waals surface area contributed by atoms with Crippen LogP contribution in [0.4, 0.5) is 11.4 Å². The van der Waals surface area contributed by atoms with Gasteiger partial charge in [-0.1, -0.05) is 24.3 Å². The van der Waals surface area contributed by atoms with Gasteiger partial charge in [-0.15, -0.1) is 0 Å². The Balaban J connectivity index is 1.04. The smallest absolute Gasteiger partial charge is 0.291 e.